The zero-order valence-corrected chi connectivity index (χ0v) is 10.1. The lowest BCUT2D eigenvalue weighted by Gasteiger charge is -2.23. The Kier molecular flexibility index (Phi) is 4.36. The third-order valence-corrected chi connectivity index (χ3v) is 3.53. The zero-order chi connectivity index (χ0) is 12.1. The summed E-state index contributed by atoms with van der Waals surface area (Å²) in [6.45, 7) is 1.06. The Morgan fingerprint density at radius 3 is 2.71 bits per heavy atom. The number of hydrogen-bond donors (Lipinski definition) is 3. The molecule has 2 rings (SSSR count). The van der Waals surface area contributed by atoms with Gasteiger partial charge in [0.05, 0.1) is 6.54 Å². The Labute approximate surface area is 102 Å². The number of carbonyl (C=O) groups excluding carboxylic acids is 2. The van der Waals surface area contributed by atoms with Gasteiger partial charge in [0.25, 0.3) is 0 Å². The van der Waals surface area contributed by atoms with Crippen LogP contribution in [0.5, 0.6) is 0 Å². The summed E-state index contributed by atoms with van der Waals surface area (Å²) in [6.07, 6.45) is 6.52. The number of hydrogen-bond acceptors (Lipinski definition) is 3. The van der Waals surface area contributed by atoms with Crippen LogP contribution in [0.1, 0.15) is 38.5 Å². The van der Waals surface area contributed by atoms with Crippen LogP contribution in [-0.4, -0.2) is 37.0 Å². The van der Waals surface area contributed by atoms with Crippen LogP contribution in [0.4, 0.5) is 0 Å². The molecule has 96 valence electrons. The first-order chi connectivity index (χ1) is 8.25. The molecule has 1 atom stereocenters. The van der Waals surface area contributed by atoms with Gasteiger partial charge in [-0.25, -0.2) is 0 Å². The predicted molar refractivity (Wildman–Crippen MR) is 64.4 cm³/mol. The van der Waals surface area contributed by atoms with E-state index in [1.165, 1.54) is 12.8 Å². The highest BCUT2D eigenvalue weighted by Gasteiger charge is 2.23. The second kappa shape index (κ2) is 6.00. The van der Waals surface area contributed by atoms with Crippen molar-refractivity contribution in [1.29, 1.82) is 0 Å². The van der Waals surface area contributed by atoms with Gasteiger partial charge in [0.2, 0.25) is 11.8 Å². The fourth-order valence-corrected chi connectivity index (χ4v) is 2.52. The van der Waals surface area contributed by atoms with Gasteiger partial charge in [-0.05, 0) is 25.7 Å². The van der Waals surface area contributed by atoms with Crippen molar-refractivity contribution in [1.82, 2.24) is 16.0 Å². The minimum absolute atomic E-state index is 0.0505. The number of amides is 2. The molecule has 1 aliphatic heterocycles. The van der Waals surface area contributed by atoms with Gasteiger partial charge in [0, 0.05) is 12.6 Å². The van der Waals surface area contributed by atoms with Crippen molar-refractivity contribution in [2.45, 2.75) is 50.6 Å². The molecule has 5 nitrogen and oxygen atoms in total. The second-order valence-electron chi connectivity index (χ2n) is 4.92. The predicted octanol–water partition coefficient (Wildman–Crippen LogP) is -0.0866. The minimum atomic E-state index is -0.332. The number of rotatable bonds is 4. The maximum absolute atomic E-state index is 11.7. The van der Waals surface area contributed by atoms with Crippen LogP contribution in [0, 0.1) is 0 Å². The number of piperidine rings is 1. The van der Waals surface area contributed by atoms with Crippen molar-refractivity contribution in [3.8, 4) is 0 Å². The SMILES string of the molecule is O=C(CNC1CCCC1)NC1CCCNC1=O. The summed E-state index contributed by atoms with van der Waals surface area (Å²) in [5, 5.41) is 8.78. The summed E-state index contributed by atoms with van der Waals surface area (Å²) in [7, 11) is 0. The van der Waals surface area contributed by atoms with Crippen LogP contribution in [0.15, 0.2) is 0 Å². The average molecular weight is 239 g/mol. The first kappa shape index (κ1) is 12.4. The van der Waals surface area contributed by atoms with Crippen LogP contribution in [0.25, 0.3) is 0 Å². The Morgan fingerprint density at radius 2 is 2.00 bits per heavy atom. The van der Waals surface area contributed by atoms with E-state index in [2.05, 4.69) is 16.0 Å². The molecule has 0 aromatic carbocycles. The van der Waals surface area contributed by atoms with E-state index in [0.717, 1.165) is 32.2 Å². The van der Waals surface area contributed by atoms with Gasteiger partial charge in [-0.15, -0.1) is 0 Å². The van der Waals surface area contributed by atoms with E-state index in [1.807, 2.05) is 0 Å². The van der Waals surface area contributed by atoms with Gasteiger partial charge in [-0.2, -0.15) is 0 Å². The largest absolute Gasteiger partial charge is 0.354 e. The lowest BCUT2D eigenvalue weighted by molar-refractivity contribution is -0.129. The molecular weight excluding hydrogens is 218 g/mol. The summed E-state index contributed by atoms with van der Waals surface area (Å²) in [5.41, 5.74) is 0. The summed E-state index contributed by atoms with van der Waals surface area (Å²) < 4.78 is 0. The molecular formula is C12H21N3O2. The Bertz CT molecular complexity index is 287. The first-order valence-electron chi connectivity index (χ1n) is 6.56. The van der Waals surface area contributed by atoms with Crippen molar-refractivity contribution in [2.75, 3.05) is 13.1 Å². The maximum atomic E-state index is 11.7. The van der Waals surface area contributed by atoms with Gasteiger partial charge in [-0.1, -0.05) is 12.8 Å². The summed E-state index contributed by atoms with van der Waals surface area (Å²) >= 11 is 0. The number of nitrogens with one attached hydrogen (secondary N) is 3. The minimum Gasteiger partial charge on any atom is -0.354 e. The molecule has 1 aliphatic carbocycles. The molecule has 1 heterocycles. The molecule has 0 spiro atoms. The molecule has 1 saturated carbocycles. The monoisotopic (exact) mass is 239 g/mol. The van der Waals surface area contributed by atoms with Crippen LogP contribution in [0.2, 0.25) is 0 Å². The second-order valence-corrected chi connectivity index (χ2v) is 4.92. The van der Waals surface area contributed by atoms with Crippen LogP contribution in [-0.2, 0) is 9.59 Å². The molecule has 0 radical (unpaired) electrons. The van der Waals surface area contributed by atoms with E-state index in [0.29, 0.717) is 12.6 Å². The lowest BCUT2D eigenvalue weighted by atomic mass is 10.1. The molecule has 1 unspecified atom stereocenters. The van der Waals surface area contributed by atoms with E-state index >= 15 is 0 Å². The van der Waals surface area contributed by atoms with E-state index in [9.17, 15) is 9.59 Å². The fraction of sp³-hybridized carbons (Fsp3) is 0.833. The summed E-state index contributed by atoms with van der Waals surface area (Å²) in [4.78, 5) is 23.1. The molecule has 17 heavy (non-hydrogen) atoms. The van der Waals surface area contributed by atoms with Gasteiger partial charge in [0.15, 0.2) is 0 Å². The van der Waals surface area contributed by atoms with Crippen molar-refractivity contribution in [2.24, 2.45) is 0 Å². The van der Waals surface area contributed by atoms with Crippen molar-refractivity contribution >= 4 is 11.8 Å². The summed E-state index contributed by atoms with van der Waals surface area (Å²) in [6, 6.07) is 0.155. The van der Waals surface area contributed by atoms with Gasteiger partial charge < -0.3 is 16.0 Å². The van der Waals surface area contributed by atoms with Crippen LogP contribution in [0.3, 0.4) is 0 Å². The van der Waals surface area contributed by atoms with E-state index in [4.69, 9.17) is 0 Å². The lowest BCUT2D eigenvalue weighted by Crippen LogP contribution is -2.52. The molecule has 5 heteroatoms. The van der Waals surface area contributed by atoms with Crippen LogP contribution >= 0.6 is 0 Å². The topological polar surface area (TPSA) is 70.2 Å². The normalized spacial score (nSPS) is 25.6. The smallest absolute Gasteiger partial charge is 0.242 e. The molecule has 0 aromatic heterocycles. The zero-order valence-electron chi connectivity index (χ0n) is 10.1. The molecule has 2 amide bonds. The molecule has 1 saturated heterocycles. The highest BCUT2D eigenvalue weighted by Crippen LogP contribution is 2.17. The third kappa shape index (κ3) is 3.70. The Morgan fingerprint density at radius 1 is 1.24 bits per heavy atom. The Hall–Kier alpha value is -1.10. The average Bonchev–Trinajstić information content (AvgIpc) is 2.82. The molecule has 2 aliphatic rings. The highest BCUT2D eigenvalue weighted by atomic mass is 16.2. The Balaban J connectivity index is 1.67. The van der Waals surface area contributed by atoms with Crippen molar-refractivity contribution in [3.05, 3.63) is 0 Å². The van der Waals surface area contributed by atoms with Crippen molar-refractivity contribution < 1.29 is 9.59 Å². The molecule has 0 bridgehead atoms. The standard InChI is InChI=1S/C12H21N3O2/c16-11(8-14-9-4-1-2-5-9)15-10-6-3-7-13-12(10)17/h9-10,14H,1-8H2,(H,13,17)(H,15,16). The quantitative estimate of drug-likeness (QED) is 0.642. The summed E-state index contributed by atoms with van der Waals surface area (Å²) in [5.74, 6) is -0.121. The van der Waals surface area contributed by atoms with Gasteiger partial charge in [0.1, 0.15) is 6.04 Å². The molecule has 3 N–H and O–H groups in total. The van der Waals surface area contributed by atoms with Crippen molar-refractivity contribution in [3.63, 3.8) is 0 Å². The molecule has 0 aromatic rings. The number of carbonyl (C=O) groups is 2. The van der Waals surface area contributed by atoms with E-state index < -0.39 is 0 Å². The maximum Gasteiger partial charge on any atom is 0.242 e. The molecule has 2 fully saturated rings. The third-order valence-electron chi connectivity index (χ3n) is 3.53. The first-order valence-corrected chi connectivity index (χ1v) is 6.56. The van der Waals surface area contributed by atoms with Crippen LogP contribution < -0.4 is 16.0 Å². The van der Waals surface area contributed by atoms with Gasteiger partial charge in [-0.3, -0.25) is 9.59 Å². The fourth-order valence-electron chi connectivity index (χ4n) is 2.52. The highest BCUT2D eigenvalue weighted by molar-refractivity contribution is 5.88. The van der Waals surface area contributed by atoms with E-state index in [1.54, 1.807) is 0 Å². The van der Waals surface area contributed by atoms with E-state index in [-0.39, 0.29) is 17.9 Å². The van der Waals surface area contributed by atoms with Gasteiger partial charge >= 0.3 is 0 Å².